The van der Waals surface area contributed by atoms with Crippen LogP contribution < -0.4 is 15.5 Å². The molecule has 8 heteroatoms. The molecule has 1 aromatic heterocycles. The van der Waals surface area contributed by atoms with Gasteiger partial charge >= 0.3 is 6.03 Å². The van der Waals surface area contributed by atoms with Crippen LogP contribution in [0.4, 0.5) is 15.6 Å². The van der Waals surface area contributed by atoms with Crippen LogP contribution >= 0.6 is 11.3 Å². The van der Waals surface area contributed by atoms with E-state index in [2.05, 4.69) is 15.6 Å². The summed E-state index contributed by atoms with van der Waals surface area (Å²) in [5.41, 5.74) is 1.58. The zero-order chi connectivity index (χ0) is 20.8. The molecule has 1 aliphatic heterocycles. The maximum Gasteiger partial charge on any atom is 0.319 e. The number of anilines is 2. The van der Waals surface area contributed by atoms with Crippen LogP contribution in [0.3, 0.4) is 0 Å². The number of fused-ring (bicyclic) bond motifs is 1. The molecular weight excluding hydrogens is 400 g/mol. The number of amides is 3. The number of carbonyl (C=O) groups is 2. The fourth-order valence-electron chi connectivity index (χ4n) is 3.37. The summed E-state index contributed by atoms with van der Waals surface area (Å²) >= 11 is 1.50. The zero-order valence-electron chi connectivity index (χ0n) is 16.5. The van der Waals surface area contributed by atoms with E-state index in [1.807, 2.05) is 42.5 Å². The third-order valence-electron chi connectivity index (χ3n) is 4.88. The number of benzene rings is 2. The highest BCUT2D eigenvalue weighted by molar-refractivity contribution is 7.22. The normalized spacial score (nSPS) is 15.8. The number of carbonyl (C=O) groups excluding carboxylic acids is 2. The van der Waals surface area contributed by atoms with Crippen LogP contribution in [0.25, 0.3) is 10.2 Å². The quantitative estimate of drug-likeness (QED) is 0.600. The van der Waals surface area contributed by atoms with Crippen molar-refractivity contribution in [2.75, 3.05) is 29.9 Å². The van der Waals surface area contributed by atoms with Crippen molar-refractivity contribution >= 4 is 44.3 Å². The predicted octanol–water partition coefficient (Wildman–Crippen LogP) is 4.02. The lowest BCUT2D eigenvalue weighted by Gasteiger charge is -2.23. The standard InChI is InChI=1S/C22H24N4O3S/c27-20(12-13-23-21(28)24-16-7-2-1-3-8-16)26(15-17-9-6-14-29-17)22-25-18-10-4-5-11-19(18)30-22/h1-5,7-8,10-11,17H,6,9,12-15H2,(H2,23,24,28). The van der Waals surface area contributed by atoms with Gasteiger partial charge in [-0.3, -0.25) is 9.69 Å². The Morgan fingerprint density at radius 3 is 2.70 bits per heavy atom. The molecule has 30 heavy (non-hydrogen) atoms. The Balaban J connectivity index is 1.38. The largest absolute Gasteiger partial charge is 0.376 e. The van der Waals surface area contributed by atoms with E-state index in [4.69, 9.17) is 4.74 Å². The van der Waals surface area contributed by atoms with Crippen LogP contribution in [-0.4, -0.2) is 42.7 Å². The second-order valence-electron chi connectivity index (χ2n) is 7.10. The van der Waals surface area contributed by atoms with Crippen molar-refractivity contribution < 1.29 is 14.3 Å². The molecule has 2 N–H and O–H groups in total. The monoisotopic (exact) mass is 424 g/mol. The minimum atomic E-state index is -0.334. The molecule has 3 aromatic rings. The fraction of sp³-hybridized carbons (Fsp3) is 0.318. The van der Waals surface area contributed by atoms with Gasteiger partial charge in [0.15, 0.2) is 5.13 Å². The molecule has 2 aromatic carbocycles. The number of nitrogens with zero attached hydrogens (tertiary/aromatic N) is 2. The number of nitrogens with one attached hydrogen (secondary N) is 2. The summed E-state index contributed by atoms with van der Waals surface area (Å²) in [4.78, 5) is 31.4. The van der Waals surface area contributed by atoms with Gasteiger partial charge in [-0.2, -0.15) is 0 Å². The van der Waals surface area contributed by atoms with E-state index in [0.717, 1.165) is 29.7 Å². The van der Waals surface area contributed by atoms with Crippen molar-refractivity contribution in [1.29, 1.82) is 0 Å². The number of thiazole rings is 1. The molecule has 1 unspecified atom stereocenters. The van der Waals surface area contributed by atoms with Gasteiger partial charge in [0, 0.05) is 25.3 Å². The Kier molecular flexibility index (Phi) is 6.56. The average Bonchev–Trinajstić information content (AvgIpc) is 3.42. The molecule has 3 amide bonds. The SMILES string of the molecule is O=C(NCCC(=O)N(CC1CCCO1)c1nc2ccccc2s1)Nc1ccccc1. The molecule has 0 spiro atoms. The first-order valence-corrected chi connectivity index (χ1v) is 10.9. The first-order valence-electron chi connectivity index (χ1n) is 10.1. The van der Waals surface area contributed by atoms with Gasteiger partial charge in [0.1, 0.15) is 0 Å². The first-order chi connectivity index (χ1) is 14.7. The van der Waals surface area contributed by atoms with Gasteiger partial charge in [0.25, 0.3) is 0 Å². The van der Waals surface area contributed by atoms with E-state index in [9.17, 15) is 9.59 Å². The molecule has 0 aliphatic carbocycles. The Morgan fingerprint density at radius 1 is 1.13 bits per heavy atom. The van der Waals surface area contributed by atoms with E-state index in [1.54, 1.807) is 17.0 Å². The van der Waals surface area contributed by atoms with E-state index in [-0.39, 0.29) is 31.0 Å². The van der Waals surface area contributed by atoms with Crippen LogP contribution in [0.15, 0.2) is 54.6 Å². The highest BCUT2D eigenvalue weighted by Gasteiger charge is 2.26. The van der Waals surface area contributed by atoms with Crippen molar-refractivity contribution in [2.24, 2.45) is 0 Å². The molecule has 0 radical (unpaired) electrons. The highest BCUT2D eigenvalue weighted by atomic mass is 32.1. The van der Waals surface area contributed by atoms with Crippen molar-refractivity contribution in [3.63, 3.8) is 0 Å². The average molecular weight is 425 g/mol. The van der Waals surface area contributed by atoms with E-state index >= 15 is 0 Å². The molecular formula is C22H24N4O3S. The molecule has 0 saturated carbocycles. The van der Waals surface area contributed by atoms with Gasteiger partial charge < -0.3 is 15.4 Å². The lowest BCUT2D eigenvalue weighted by Crippen LogP contribution is -2.39. The van der Waals surface area contributed by atoms with Gasteiger partial charge in [-0.15, -0.1) is 0 Å². The number of urea groups is 1. The van der Waals surface area contributed by atoms with Crippen LogP contribution in [-0.2, 0) is 9.53 Å². The van der Waals surface area contributed by atoms with Gasteiger partial charge in [-0.25, -0.2) is 9.78 Å². The Morgan fingerprint density at radius 2 is 1.93 bits per heavy atom. The van der Waals surface area contributed by atoms with Crippen molar-refractivity contribution in [1.82, 2.24) is 10.3 Å². The van der Waals surface area contributed by atoms with E-state index in [0.29, 0.717) is 17.4 Å². The van der Waals surface area contributed by atoms with E-state index in [1.165, 1.54) is 11.3 Å². The van der Waals surface area contributed by atoms with E-state index < -0.39 is 0 Å². The van der Waals surface area contributed by atoms with Gasteiger partial charge in [0.05, 0.1) is 22.9 Å². The first kappa shape index (κ1) is 20.3. The molecule has 7 nitrogen and oxygen atoms in total. The van der Waals surface area contributed by atoms with Crippen LogP contribution in [0.2, 0.25) is 0 Å². The fourth-order valence-corrected chi connectivity index (χ4v) is 4.36. The third-order valence-corrected chi connectivity index (χ3v) is 5.94. The molecule has 156 valence electrons. The summed E-state index contributed by atoms with van der Waals surface area (Å²) in [6, 6.07) is 16.7. The second kappa shape index (κ2) is 9.69. The molecule has 1 aliphatic rings. The van der Waals surface area contributed by atoms with Crippen LogP contribution in [0, 0.1) is 0 Å². The molecule has 1 fully saturated rings. The summed E-state index contributed by atoms with van der Waals surface area (Å²) in [7, 11) is 0. The number of hydrogen-bond acceptors (Lipinski definition) is 5. The molecule has 2 heterocycles. The van der Waals surface area contributed by atoms with Crippen molar-refractivity contribution in [2.45, 2.75) is 25.4 Å². The summed E-state index contributed by atoms with van der Waals surface area (Å²) in [5.74, 6) is -0.0791. The highest BCUT2D eigenvalue weighted by Crippen LogP contribution is 2.30. The Hall–Kier alpha value is -2.97. The lowest BCUT2D eigenvalue weighted by atomic mass is 10.2. The van der Waals surface area contributed by atoms with Gasteiger partial charge in [-0.05, 0) is 37.1 Å². The molecule has 1 atom stereocenters. The Labute approximate surface area is 179 Å². The smallest absolute Gasteiger partial charge is 0.319 e. The predicted molar refractivity (Wildman–Crippen MR) is 119 cm³/mol. The van der Waals surface area contributed by atoms with Crippen LogP contribution in [0.1, 0.15) is 19.3 Å². The Bertz CT molecular complexity index is 969. The molecule has 1 saturated heterocycles. The molecule has 4 rings (SSSR count). The van der Waals surface area contributed by atoms with Crippen molar-refractivity contribution in [3.05, 3.63) is 54.6 Å². The van der Waals surface area contributed by atoms with Gasteiger partial charge in [-0.1, -0.05) is 41.7 Å². The number of hydrogen-bond donors (Lipinski definition) is 2. The number of para-hydroxylation sites is 2. The van der Waals surface area contributed by atoms with Gasteiger partial charge in [0.2, 0.25) is 5.91 Å². The minimum Gasteiger partial charge on any atom is -0.376 e. The second-order valence-corrected chi connectivity index (χ2v) is 8.11. The molecule has 0 bridgehead atoms. The van der Waals surface area contributed by atoms with Crippen molar-refractivity contribution in [3.8, 4) is 0 Å². The topological polar surface area (TPSA) is 83.6 Å². The third kappa shape index (κ3) is 5.14. The summed E-state index contributed by atoms with van der Waals surface area (Å²) < 4.78 is 6.78. The number of aromatic nitrogens is 1. The summed E-state index contributed by atoms with van der Waals surface area (Å²) in [6.07, 6.45) is 2.15. The summed E-state index contributed by atoms with van der Waals surface area (Å²) in [5, 5.41) is 6.16. The lowest BCUT2D eigenvalue weighted by molar-refractivity contribution is -0.118. The maximum atomic E-state index is 13.0. The van der Waals surface area contributed by atoms with Crippen LogP contribution in [0.5, 0.6) is 0 Å². The zero-order valence-corrected chi connectivity index (χ0v) is 17.4. The number of rotatable bonds is 7. The number of ether oxygens (including phenoxy) is 1. The summed E-state index contributed by atoms with van der Waals surface area (Å²) in [6.45, 7) is 1.45. The maximum absolute atomic E-state index is 13.0. The minimum absolute atomic E-state index is 0.0234.